The fraction of sp³-hybridized carbons (Fsp3) is 0.429. The Balaban J connectivity index is 0.00000264. The Kier molecular flexibility index (Phi) is 8.12. The lowest BCUT2D eigenvalue weighted by molar-refractivity contribution is 0.749. The quantitative estimate of drug-likeness (QED) is 0.390. The zero-order valence-electron chi connectivity index (χ0n) is 13.4. The van der Waals surface area contributed by atoms with Crippen LogP contribution < -0.4 is 10.6 Å². The molecule has 0 spiro atoms. The number of guanidine groups is 1. The molecule has 0 aliphatic rings. The van der Waals surface area contributed by atoms with E-state index in [4.69, 9.17) is 23.2 Å². The van der Waals surface area contributed by atoms with Gasteiger partial charge in [-0.3, -0.25) is 4.99 Å². The topological polar surface area (TPSA) is 54.2 Å². The summed E-state index contributed by atoms with van der Waals surface area (Å²) in [6, 6.07) is 1.84. The summed E-state index contributed by atoms with van der Waals surface area (Å²) < 4.78 is 1.84. The normalized spacial score (nSPS) is 11.3. The summed E-state index contributed by atoms with van der Waals surface area (Å²) in [6.45, 7) is 5.32. The largest absolute Gasteiger partial charge is 0.351 e. The fourth-order valence-corrected chi connectivity index (χ4v) is 3.22. The molecule has 2 rings (SSSR count). The highest BCUT2D eigenvalue weighted by Gasteiger charge is 2.10. The van der Waals surface area contributed by atoms with E-state index in [1.807, 2.05) is 24.6 Å². The molecule has 0 atom stereocenters. The van der Waals surface area contributed by atoms with Gasteiger partial charge in [-0.2, -0.15) is 0 Å². The lowest BCUT2D eigenvalue weighted by atomic mass is 10.4. The van der Waals surface area contributed by atoms with E-state index < -0.39 is 0 Å². The third kappa shape index (κ3) is 5.23. The van der Waals surface area contributed by atoms with Crippen molar-refractivity contribution in [3.8, 4) is 0 Å². The van der Waals surface area contributed by atoms with Crippen molar-refractivity contribution >= 4 is 64.5 Å². The number of hydrogen-bond acceptors (Lipinski definition) is 3. The lowest BCUT2D eigenvalue weighted by Gasteiger charge is -2.11. The third-order valence-corrected chi connectivity index (χ3v) is 5.27. The van der Waals surface area contributed by atoms with Crippen LogP contribution in [-0.2, 0) is 20.1 Å². The Bertz CT molecular complexity index is 676. The summed E-state index contributed by atoms with van der Waals surface area (Å²) in [5.74, 6) is 0.707. The number of halogens is 3. The Hall–Kier alpha value is -0.510. The molecule has 2 N–H and O–H groups in total. The van der Waals surface area contributed by atoms with Gasteiger partial charge in [0.2, 0.25) is 0 Å². The Morgan fingerprint density at radius 1 is 1.30 bits per heavy atom. The number of aryl methyl sites for hydroxylation is 2. The van der Waals surface area contributed by atoms with Gasteiger partial charge in [-0.1, -0.05) is 23.2 Å². The smallest absolute Gasteiger partial charge is 0.191 e. The average Bonchev–Trinajstić information content (AvgIpc) is 2.94. The van der Waals surface area contributed by atoms with Crippen LogP contribution in [0, 0.1) is 13.8 Å². The number of aromatic nitrogens is 2. The number of thiazole rings is 1. The molecule has 0 bridgehead atoms. The van der Waals surface area contributed by atoms with Crippen LogP contribution in [0.15, 0.2) is 11.1 Å². The van der Waals surface area contributed by atoms with Crippen molar-refractivity contribution in [2.75, 3.05) is 7.05 Å². The highest BCUT2D eigenvalue weighted by atomic mass is 127. The van der Waals surface area contributed by atoms with E-state index in [1.54, 1.807) is 18.4 Å². The molecule has 2 aromatic heterocycles. The van der Waals surface area contributed by atoms with Crippen molar-refractivity contribution < 1.29 is 0 Å². The van der Waals surface area contributed by atoms with Crippen LogP contribution in [0.3, 0.4) is 0 Å². The van der Waals surface area contributed by atoms with Crippen molar-refractivity contribution in [3.05, 3.63) is 37.5 Å². The van der Waals surface area contributed by atoms with Gasteiger partial charge in [-0.25, -0.2) is 4.98 Å². The summed E-state index contributed by atoms with van der Waals surface area (Å²) in [6.07, 6.45) is 0. The van der Waals surface area contributed by atoms with E-state index in [1.165, 1.54) is 4.88 Å². The maximum Gasteiger partial charge on any atom is 0.191 e. The highest BCUT2D eigenvalue weighted by molar-refractivity contribution is 14.0. The van der Waals surface area contributed by atoms with Gasteiger partial charge in [0.1, 0.15) is 10.2 Å². The predicted molar refractivity (Wildman–Crippen MR) is 109 cm³/mol. The summed E-state index contributed by atoms with van der Waals surface area (Å²) in [4.78, 5) is 9.94. The van der Waals surface area contributed by atoms with Crippen LogP contribution in [0.1, 0.15) is 21.3 Å². The second-order valence-electron chi connectivity index (χ2n) is 4.86. The first-order valence-corrected chi connectivity index (χ1v) is 8.36. The van der Waals surface area contributed by atoms with Gasteiger partial charge in [0, 0.05) is 24.7 Å². The van der Waals surface area contributed by atoms with Gasteiger partial charge in [-0.05, 0) is 19.9 Å². The first-order valence-electron chi connectivity index (χ1n) is 6.79. The van der Waals surface area contributed by atoms with Crippen LogP contribution in [-0.4, -0.2) is 22.6 Å². The van der Waals surface area contributed by atoms with Gasteiger partial charge in [0.25, 0.3) is 0 Å². The number of nitrogens with one attached hydrogen (secondary N) is 2. The average molecular weight is 488 g/mol. The molecule has 2 aromatic rings. The SMILES string of the molecule is CN=C(NCc1nc(C)c(C)s1)NCc1cc(Cl)c(Cl)n1C.I. The number of nitrogens with zero attached hydrogens (tertiary/aromatic N) is 3. The zero-order chi connectivity index (χ0) is 16.3. The minimum Gasteiger partial charge on any atom is -0.351 e. The summed E-state index contributed by atoms with van der Waals surface area (Å²) in [5, 5.41) is 8.62. The molecule has 0 saturated heterocycles. The highest BCUT2D eigenvalue weighted by Crippen LogP contribution is 2.24. The summed E-state index contributed by atoms with van der Waals surface area (Å²) in [5.41, 5.74) is 2.07. The van der Waals surface area contributed by atoms with E-state index in [-0.39, 0.29) is 24.0 Å². The summed E-state index contributed by atoms with van der Waals surface area (Å²) in [7, 11) is 3.61. The van der Waals surface area contributed by atoms with Gasteiger partial charge < -0.3 is 15.2 Å². The van der Waals surface area contributed by atoms with Crippen LogP contribution in [0.5, 0.6) is 0 Å². The van der Waals surface area contributed by atoms with Crippen molar-refractivity contribution in [1.29, 1.82) is 0 Å². The minimum atomic E-state index is 0. The third-order valence-electron chi connectivity index (χ3n) is 3.36. The Morgan fingerprint density at radius 3 is 2.43 bits per heavy atom. The van der Waals surface area contributed by atoms with E-state index in [0.717, 1.165) is 16.4 Å². The molecule has 0 saturated carbocycles. The van der Waals surface area contributed by atoms with Crippen LogP contribution in [0.2, 0.25) is 10.2 Å². The maximum absolute atomic E-state index is 6.06. The second-order valence-corrected chi connectivity index (χ2v) is 6.91. The first kappa shape index (κ1) is 20.5. The van der Waals surface area contributed by atoms with E-state index in [2.05, 4.69) is 27.5 Å². The number of aliphatic imine (C=N–C) groups is 1. The van der Waals surface area contributed by atoms with E-state index >= 15 is 0 Å². The Labute approximate surface area is 167 Å². The van der Waals surface area contributed by atoms with Gasteiger partial charge in [-0.15, -0.1) is 35.3 Å². The Morgan fingerprint density at radius 2 is 1.96 bits per heavy atom. The minimum absolute atomic E-state index is 0. The molecule has 2 heterocycles. The first-order chi connectivity index (χ1) is 10.4. The molecule has 9 heteroatoms. The standard InChI is InChI=1S/C14H19Cl2N5S.HI/c1-8-9(2)22-12(20-8)7-19-14(17-3)18-6-10-5-11(15)13(16)21(10)4;/h5H,6-7H2,1-4H3,(H2,17,18,19);1H. The maximum atomic E-state index is 6.06. The summed E-state index contributed by atoms with van der Waals surface area (Å²) >= 11 is 13.8. The van der Waals surface area contributed by atoms with Gasteiger partial charge >= 0.3 is 0 Å². The molecule has 0 amide bonds. The van der Waals surface area contributed by atoms with Crippen molar-refractivity contribution in [2.45, 2.75) is 26.9 Å². The van der Waals surface area contributed by atoms with Crippen LogP contribution in [0.4, 0.5) is 0 Å². The molecule has 23 heavy (non-hydrogen) atoms. The zero-order valence-corrected chi connectivity index (χ0v) is 18.1. The number of rotatable bonds is 4. The molecular weight excluding hydrogens is 468 g/mol. The predicted octanol–water partition coefficient (Wildman–Crippen LogP) is 3.89. The van der Waals surface area contributed by atoms with Gasteiger partial charge in [0.15, 0.2) is 5.96 Å². The number of hydrogen-bond donors (Lipinski definition) is 2. The molecule has 5 nitrogen and oxygen atoms in total. The molecule has 0 aromatic carbocycles. The second kappa shape index (κ2) is 9.10. The lowest BCUT2D eigenvalue weighted by Crippen LogP contribution is -2.36. The molecule has 128 valence electrons. The molecule has 0 fully saturated rings. The van der Waals surface area contributed by atoms with Crippen LogP contribution in [0.25, 0.3) is 0 Å². The van der Waals surface area contributed by atoms with Crippen molar-refractivity contribution in [1.82, 2.24) is 20.2 Å². The van der Waals surface area contributed by atoms with E-state index in [9.17, 15) is 0 Å². The monoisotopic (exact) mass is 487 g/mol. The molecule has 0 aliphatic carbocycles. The van der Waals surface area contributed by atoms with Crippen LogP contribution >= 0.6 is 58.5 Å². The fourth-order valence-electron chi connectivity index (χ4n) is 1.93. The molecule has 0 radical (unpaired) electrons. The van der Waals surface area contributed by atoms with Crippen molar-refractivity contribution in [3.63, 3.8) is 0 Å². The molecule has 0 unspecified atom stereocenters. The van der Waals surface area contributed by atoms with Crippen molar-refractivity contribution in [2.24, 2.45) is 12.0 Å². The molecular formula is C14H20Cl2IN5S. The van der Waals surface area contributed by atoms with E-state index in [0.29, 0.717) is 29.2 Å². The van der Waals surface area contributed by atoms with Gasteiger partial charge in [0.05, 0.1) is 23.8 Å². The molecule has 0 aliphatic heterocycles.